The molecule has 2 saturated heterocycles. The largest absolute Gasteiger partial charge is 0.364 e. The van der Waals surface area contributed by atoms with Crippen LogP contribution in [0.2, 0.25) is 0 Å². The molecule has 8 nitrogen and oxygen atoms in total. The average molecular weight is 312 g/mol. The molecule has 8 heteroatoms. The van der Waals surface area contributed by atoms with Crippen molar-refractivity contribution in [3.8, 4) is 0 Å². The summed E-state index contributed by atoms with van der Waals surface area (Å²) < 4.78 is 0. The number of carbonyl (C=O) groups excluding carboxylic acids is 2. The van der Waals surface area contributed by atoms with Crippen molar-refractivity contribution in [1.29, 1.82) is 0 Å². The third-order valence-electron chi connectivity index (χ3n) is 3.46. The lowest BCUT2D eigenvalue weighted by atomic mass is 10.3. The Hall–Kier alpha value is -1.48. The molecule has 0 spiro atoms. The molecule has 0 radical (unpaired) electrons. The van der Waals surface area contributed by atoms with Crippen molar-refractivity contribution in [2.45, 2.75) is 25.9 Å². The highest BCUT2D eigenvalue weighted by Crippen LogP contribution is 2.02. The zero-order valence-corrected chi connectivity index (χ0v) is 13.1. The maximum atomic E-state index is 11.7. The van der Waals surface area contributed by atoms with Gasteiger partial charge in [0, 0.05) is 50.4 Å². The van der Waals surface area contributed by atoms with Gasteiger partial charge in [0.2, 0.25) is 0 Å². The molecule has 2 atom stereocenters. The predicted octanol–water partition coefficient (Wildman–Crippen LogP) is -0.954. The number of nitrogens with zero attached hydrogens (tertiary/aromatic N) is 2. The molecule has 0 saturated carbocycles. The summed E-state index contributed by atoms with van der Waals surface area (Å²) in [6, 6.07) is 0.537. The summed E-state index contributed by atoms with van der Waals surface area (Å²) in [4.78, 5) is 33.6. The normalized spacial score (nSPS) is 27.7. The zero-order chi connectivity index (χ0) is 15.9. The van der Waals surface area contributed by atoms with Crippen LogP contribution in [0.25, 0.3) is 0 Å². The number of piperazine rings is 2. The van der Waals surface area contributed by atoms with Gasteiger partial charge >= 0.3 is 11.9 Å². The molecule has 2 aliphatic rings. The highest BCUT2D eigenvalue weighted by molar-refractivity contribution is 5.91. The fourth-order valence-electron chi connectivity index (χ4n) is 2.41. The van der Waals surface area contributed by atoms with Gasteiger partial charge in [0.05, 0.1) is 13.1 Å². The van der Waals surface area contributed by atoms with Crippen LogP contribution in [0.3, 0.4) is 0 Å². The first kappa shape index (κ1) is 16.9. The van der Waals surface area contributed by atoms with Gasteiger partial charge in [0.25, 0.3) is 0 Å². The van der Waals surface area contributed by atoms with Crippen LogP contribution in [0, 0.1) is 0 Å². The fourth-order valence-corrected chi connectivity index (χ4v) is 2.41. The summed E-state index contributed by atoms with van der Waals surface area (Å²) in [7, 11) is 0. The summed E-state index contributed by atoms with van der Waals surface area (Å²) in [6.45, 7) is 8.08. The highest BCUT2D eigenvalue weighted by Gasteiger charge is 2.20. The zero-order valence-electron chi connectivity index (χ0n) is 13.1. The Balaban J connectivity index is 1.70. The molecular weight excluding hydrogens is 288 g/mol. The van der Waals surface area contributed by atoms with Gasteiger partial charge in [-0.2, -0.15) is 0 Å². The molecule has 0 aromatic carbocycles. The number of carbonyl (C=O) groups is 2. The van der Waals surface area contributed by atoms with Gasteiger partial charge < -0.3 is 20.3 Å². The number of hydrogen-bond acceptors (Lipinski definition) is 8. The van der Waals surface area contributed by atoms with E-state index in [9.17, 15) is 9.59 Å². The molecule has 2 fully saturated rings. The van der Waals surface area contributed by atoms with Crippen LogP contribution in [0.15, 0.2) is 12.2 Å². The fraction of sp³-hybridized carbons (Fsp3) is 0.714. The molecule has 0 bridgehead atoms. The van der Waals surface area contributed by atoms with Crippen LogP contribution in [0.4, 0.5) is 0 Å². The Kier molecular flexibility index (Phi) is 6.32. The lowest BCUT2D eigenvalue weighted by Gasteiger charge is -2.30. The lowest BCUT2D eigenvalue weighted by Crippen LogP contribution is -2.49. The van der Waals surface area contributed by atoms with Gasteiger partial charge in [-0.1, -0.05) is 0 Å². The van der Waals surface area contributed by atoms with E-state index in [1.807, 2.05) is 13.8 Å². The Morgan fingerprint density at radius 2 is 1.32 bits per heavy atom. The number of hydroxylamine groups is 4. The summed E-state index contributed by atoms with van der Waals surface area (Å²) in [6.07, 6.45) is 2.20. The summed E-state index contributed by atoms with van der Waals surface area (Å²) in [5.41, 5.74) is 0. The second-order valence-electron chi connectivity index (χ2n) is 5.64. The third-order valence-corrected chi connectivity index (χ3v) is 3.46. The Bertz CT molecular complexity index is 391. The van der Waals surface area contributed by atoms with E-state index >= 15 is 0 Å². The molecule has 0 aromatic rings. The van der Waals surface area contributed by atoms with Crippen molar-refractivity contribution >= 4 is 11.9 Å². The molecule has 22 heavy (non-hydrogen) atoms. The molecule has 2 aliphatic heterocycles. The second kappa shape index (κ2) is 8.23. The van der Waals surface area contributed by atoms with E-state index < -0.39 is 11.9 Å². The summed E-state index contributed by atoms with van der Waals surface area (Å²) >= 11 is 0. The number of rotatable bonds is 4. The first-order valence-corrected chi connectivity index (χ1v) is 7.61. The molecule has 2 rings (SSSR count). The number of nitrogens with one attached hydrogen (secondary N) is 2. The van der Waals surface area contributed by atoms with Crippen LogP contribution in [-0.2, 0) is 19.3 Å². The minimum atomic E-state index is -0.570. The second-order valence-corrected chi connectivity index (χ2v) is 5.64. The molecule has 2 heterocycles. The monoisotopic (exact) mass is 312 g/mol. The predicted molar refractivity (Wildman–Crippen MR) is 79.4 cm³/mol. The molecule has 2 N–H and O–H groups in total. The molecular formula is C14H24N4O4. The van der Waals surface area contributed by atoms with Gasteiger partial charge in [-0.25, -0.2) is 9.59 Å². The maximum absolute atomic E-state index is 11.7. The van der Waals surface area contributed by atoms with Crippen molar-refractivity contribution in [1.82, 2.24) is 20.8 Å². The SMILES string of the molecule is CC1CN(OC(=O)/C=C/C(=O)ON2CCNC(C)C2)CCN1. The van der Waals surface area contributed by atoms with Gasteiger partial charge in [-0.05, 0) is 13.8 Å². The first-order chi connectivity index (χ1) is 10.5. The van der Waals surface area contributed by atoms with E-state index in [0.29, 0.717) is 26.2 Å². The van der Waals surface area contributed by atoms with E-state index in [0.717, 1.165) is 25.2 Å². The van der Waals surface area contributed by atoms with Crippen molar-refractivity contribution in [3.63, 3.8) is 0 Å². The van der Waals surface area contributed by atoms with Gasteiger partial charge in [-0.3, -0.25) is 0 Å². The van der Waals surface area contributed by atoms with E-state index in [1.54, 1.807) is 10.1 Å². The summed E-state index contributed by atoms with van der Waals surface area (Å²) in [5.74, 6) is -1.14. The quantitative estimate of drug-likeness (QED) is 0.643. The maximum Gasteiger partial charge on any atom is 0.349 e. The van der Waals surface area contributed by atoms with Crippen molar-refractivity contribution in [2.75, 3.05) is 39.3 Å². The van der Waals surface area contributed by atoms with E-state index in [2.05, 4.69) is 10.6 Å². The standard InChI is InChI=1S/C14H24N4O4/c1-11-9-17(7-5-15-11)21-13(19)3-4-14(20)22-18-8-6-16-12(2)10-18/h3-4,11-12,15-16H,5-10H2,1-2H3/b4-3+. The topological polar surface area (TPSA) is 83.1 Å². The van der Waals surface area contributed by atoms with Crippen LogP contribution < -0.4 is 10.6 Å². The van der Waals surface area contributed by atoms with Gasteiger partial charge in [-0.15, -0.1) is 10.1 Å². The minimum absolute atomic E-state index is 0.269. The smallest absolute Gasteiger partial charge is 0.349 e. The molecule has 2 unspecified atom stereocenters. The average Bonchev–Trinajstić information content (AvgIpc) is 2.45. The van der Waals surface area contributed by atoms with Crippen molar-refractivity contribution in [2.24, 2.45) is 0 Å². The van der Waals surface area contributed by atoms with Crippen LogP contribution in [0.5, 0.6) is 0 Å². The van der Waals surface area contributed by atoms with Crippen LogP contribution >= 0.6 is 0 Å². The molecule has 0 amide bonds. The van der Waals surface area contributed by atoms with E-state index in [1.165, 1.54) is 0 Å². The van der Waals surface area contributed by atoms with Gasteiger partial charge in [0.1, 0.15) is 0 Å². The summed E-state index contributed by atoms with van der Waals surface area (Å²) in [5, 5.41) is 9.69. The van der Waals surface area contributed by atoms with E-state index in [-0.39, 0.29) is 12.1 Å². The lowest BCUT2D eigenvalue weighted by molar-refractivity contribution is -0.191. The Morgan fingerprint density at radius 3 is 1.68 bits per heavy atom. The van der Waals surface area contributed by atoms with Crippen molar-refractivity contribution in [3.05, 3.63) is 12.2 Å². The van der Waals surface area contributed by atoms with Crippen LogP contribution in [0.1, 0.15) is 13.8 Å². The number of hydrogen-bond donors (Lipinski definition) is 2. The van der Waals surface area contributed by atoms with Crippen molar-refractivity contribution < 1.29 is 19.3 Å². The molecule has 124 valence electrons. The Morgan fingerprint density at radius 1 is 0.909 bits per heavy atom. The highest BCUT2D eigenvalue weighted by atomic mass is 16.7. The first-order valence-electron chi connectivity index (χ1n) is 7.61. The molecule has 0 aliphatic carbocycles. The Labute approximate surface area is 130 Å². The minimum Gasteiger partial charge on any atom is -0.364 e. The third kappa shape index (κ3) is 5.72. The molecule has 0 aromatic heterocycles. The van der Waals surface area contributed by atoms with Gasteiger partial charge in [0.15, 0.2) is 0 Å². The van der Waals surface area contributed by atoms with E-state index in [4.69, 9.17) is 9.68 Å². The van der Waals surface area contributed by atoms with Crippen LogP contribution in [-0.4, -0.2) is 73.4 Å².